The van der Waals surface area contributed by atoms with Gasteiger partial charge >= 0.3 is 12.1 Å². The molecular weight excluding hydrogens is 418 g/mol. The lowest BCUT2D eigenvalue weighted by Gasteiger charge is -2.27. The summed E-state index contributed by atoms with van der Waals surface area (Å²) in [5.41, 5.74) is 3.95. The van der Waals surface area contributed by atoms with Crippen molar-refractivity contribution in [3.05, 3.63) is 59.7 Å². The van der Waals surface area contributed by atoms with Crippen LogP contribution in [0.2, 0.25) is 0 Å². The summed E-state index contributed by atoms with van der Waals surface area (Å²) in [5.74, 6) is -0.339. The molecule has 2 aromatic carbocycles. The van der Waals surface area contributed by atoms with Crippen molar-refractivity contribution in [3.8, 4) is 11.1 Å². The number of rotatable bonds is 8. The molecule has 0 bridgehead atoms. The van der Waals surface area contributed by atoms with Gasteiger partial charge in [0.15, 0.2) is 0 Å². The smallest absolute Gasteiger partial charge is 0.407 e. The minimum absolute atomic E-state index is 0.0432. The summed E-state index contributed by atoms with van der Waals surface area (Å²) in [5, 5.41) is 13.4. The van der Waals surface area contributed by atoms with Gasteiger partial charge in [-0.15, -0.1) is 0 Å². The Morgan fingerprint density at radius 2 is 1.55 bits per heavy atom. The number of carbonyl (C=O) groups excluding carboxylic acids is 2. The SMILES string of the molecule is CC(C)CC(NC(=O)OCC1c2ccccc2-c2ccccc21)C(O)CC(=O)OC(C)(C)C. The van der Waals surface area contributed by atoms with Crippen molar-refractivity contribution in [2.24, 2.45) is 5.92 Å². The molecule has 6 heteroatoms. The Morgan fingerprint density at radius 3 is 2.06 bits per heavy atom. The van der Waals surface area contributed by atoms with Crippen LogP contribution in [0.4, 0.5) is 4.79 Å². The first kappa shape index (κ1) is 24.8. The van der Waals surface area contributed by atoms with Gasteiger partial charge in [0, 0.05) is 5.92 Å². The van der Waals surface area contributed by atoms with E-state index in [-0.39, 0.29) is 24.9 Å². The zero-order valence-electron chi connectivity index (χ0n) is 20.1. The third-order valence-electron chi connectivity index (χ3n) is 5.63. The second-order valence-electron chi connectivity index (χ2n) is 10.1. The molecule has 0 radical (unpaired) electrons. The summed E-state index contributed by atoms with van der Waals surface area (Å²) in [6.45, 7) is 9.50. The Labute approximate surface area is 196 Å². The molecular formula is C27H35NO5. The molecule has 178 valence electrons. The van der Waals surface area contributed by atoms with E-state index in [2.05, 4.69) is 29.6 Å². The molecule has 0 aliphatic heterocycles. The van der Waals surface area contributed by atoms with Crippen molar-refractivity contribution in [3.63, 3.8) is 0 Å². The summed E-state index contributed by atoms with van der Waals surface area (Å²) in [6.07, 6.45) is -1.36. The predicted molar refractivity (Wildman–Crippen MR) is 128 cm³/mol. The standard InChI is InChI=1S/C27H35NO5/c1-17(2)14-23(24(29)15-25(30)33-27(3,4)5)28-26(31)32-16-22-20-12-8-6-10-18(20)19-11-7-9-13-21(19)22/h6-13,17,22-24,29H,14-16H2,1-5H3,(H,28,31). The minimum Gasteiger partial charge on any atom is -0.460 e. The fourth-order valence-electron chi connectivity index (χ4n) is 4.31. The van der Waals surface area contributed by atoms with Crippen LogP contribution in [0.15, 0.2) is 48.5 Å². The van der Waals surface area contributed by atoms with Crippen LogP contribution < -0.4 is 5.32 Å². The maximum absolute atomic E-state index is 12.7. The third-order valence-corrected chi connectivity index (χ3v) is 5.63. The van der Waals surface area contributed by atoms with Crippen molar-refractivity contribution in [2.75, 3.05) is 6.61 Å². The second kappa shape index (κ2) is 10.4. The van der Waals surface area contributed by atoms with E-state index in [1.54, 1.807) is 20.8 Å². The number of fused-ring (bicyclic) bond motifs is 3. The number of benzene rings is 2. The Morgan fingerprint density at radius 1 is 1.00 bits per heavy atom. The molecule has 2 unspecified atom stereocenters. The molecule has 6 nitrogen and oxygen atoms in total. The Bertz CT molecular complexity index is 933. The van der Waals surface area contributed by atoms with Crippen molar-refractivity contribution in [1.82, 2.24) is 5.32 Å². The number of ether oxygens (including phenoxy) is 2. The van der Waals surface area contributed by atoms with Crippen LogP contribution in [0, 0.1) is 5.92 Å². The van der Waals surface area contributed by atoms with Crippen molar-refractivity contribution >= 4 is 12.1 Å². The molecule has 0 spiro atoms. The van der Waals surface area contributed by atoms with Gasteiger partial charge in [-0.3, -0.25) is 4.79 Å². The molecule has 1 amide bonds. The number of amides is 1. The maximum Gasteiger partial charge on any atom is 0.407 e. The number of nitrogens with one attached hydrogen (secondary N) is 1. The number of hydrogen-bond acceptors (Lipinski definition) is 5. The molecule has 0 saturated heterocycles. The summed E-state index contributed by atoms with van der Waals surface area (Å²) in [4.78, 5) is 24.8. The van der Waals surface area contributed by atoms with E-state index in [0.717, 1.165) is 22.3 Å². The quantitative estimate of drug-likeness (QED) is 0.548. The van der Waals surface area contributed by atoms with Gasteiger partial charge in [-0.1, -0.05) is 62.4 Å². The lowest BCUT2D eigenvalue weighted by atomic mass is 9.97. The highest BCUT2D eigenvalue weighted by molar-refractivity contribution is 5.79. The van der Waals surface area contributed by atoms with E-state index in [0.29, 0.717) is 6.42 Å². The number of aliphatic hydroxyl groups excluding tert-OH is 1. The highest BCUT2D eigenvalue weighted by Gasteiger charge is 2.31. The lowest BCUT2D eigenvalue weighted by Crippen LogP contribution is -2.46. The second-order valence-corrected chi connectivity index (χ2v) is 10.1. The summed E-state index contributed by atoms with van der Waals surface area (Å²) < 4.78 is 10.9. The molecule has 1 aliphatic rings. The molecule has 2 atom stereocenters. The molecule has 0 heterocycles. The number of alkyl carbamates (subject to hydrolysis) is 1. The number of carbonyl (C=O) groups is 2. The Hall–Kier alpha value is -2.86. The molecule has 2 N–H and O–H groups in total. The fourth-order valence-corrected chi connectivity index (χ4v) is 4.31. The van der Waals surface area contributed by atoms with Gasteiger partial charge < -0.3 is 19.9 Å². The van der Waals surface area contributed by atoms with Crippen molar-refractivity contribution < 1.29 is 24.2 Å². The first-order valence-corrected chi connectivity index (χ1v) is 11.6. The topological polar surface area (TPSA) is 84.9 Å². The van der Waals surface area contributed by atoms with Crippen LogP contribution >= 0.6 is 0 Å². The molecule has 3 rings (SSSR count). The first-order chi connectivity index (χ1) is 15.5. The van der Waals surface area contributed by atoms with E-state index in [1.165, 1.54) is 0 Å². The van der Waals surface area contributed by atoms with E-state index < -0.39 is 29.8 Å². The molecule has 0 fully saturated rings. The Balaban J connectivity index is 1.63. The summed E-state index contributed by atoms with van der Waals surface area (Å²) in [7, 11) is 0. The zero-order chi connectivity index (χ0) is 24.2. The van der Waals surface area contributed by atoms with Crippen molar-refractivity contribution in [2.45, 2.75) is 71.1 Å². The fraction of sp³-hybridized carbons (Fsp3) is 0.481. The van der Waals surface area contributed by atoms with Gasteiger partial charge in [-0.05, 0) is 55.4 Å². The van der Waals surface area contributed by atoms with Gasteiger partial charge in [0.25, 0.3) is 0 Å². The summed E-state index contributed by atoms with van der Waals surface area (Å²) >= 11 is 0. The van der Waals surface area contributed by atoms with E-state index in [9.17, 15) is 14.7 Å². The monoisotopic (exact) mass is 453 g/mol. The zero-order valence-corrected chi connectivity index (χ0v) is 20.1. The van der Waals surface area contributed by atoms with E-state index >= 15 is 0 Å². The normalized spacial score (nSPS) is 14.9. The van der Waals surface area contributed by atoms with Crippen LogP contribution in [0.25, 0.3) is 11.1 Å². The molecule has 33 heavy (non-hydrogen) atoms. The molecule has 2 aromatic rings. The van der Waals surface area contributed by atoms with Crippen LogP contribution in [0.1, 0.15) is 64.5 Å². The predicted octanol–water partition coefficient (Wildman–Crippen LogP) is 5.03. The maximum atomic E-state index is 12.7. The summed E-state index contributed by atoms with van der Waals surface area (Å²) in [6, 6.07) is 15.7. The first-order valence-electron chi connectivity index (χ1n) is 11.6. The molecule has 0 aromatic heterocycles. The number of esters is 1. The third kappa shape index (κ3) is 6.57. The minimum atomic E-state index is -1.07. The van der Waals surface area contributed by atoms with Crippen LogP contribution in [0.5, 0.6) is 0 Å². The van der Waals surface area contributed by atoms with Gasteiger partial charge in [-0.25, -0.2) is 4.79 Å². The average Bonchev–Trinajstić information content (AvgIpc) is 3.04. The van der Waals surface area contributed by atoms with E-state index in [1.807, 2.05) is 38.1 Å². The molecule has 1 aliphatic carbocycles. The number of hydrogen-bond donors (Lipinski definition) is 2. The van der Waals surface area contributed by atoms with Gasteiger partial charge in [0.2, 0.25) is 0 Å². The van der Waals surface area contributed by atoms with E-state index in [4.69, 9.17) is 9.47 Å². The van der Waals surface area contributed by atoms with Gasteiger partial charge in [-0.2, -0.15) is 0 Å². The van der Waals surface area contributed by atoms with Crippen LogP contribution in [-0.4, -0.2) is 41.5 Å². The van der Waals surface area contributed by atoms with Gasteiger partial charge in [0.1, 0.15) is 12.2 Å². The van der Waals surface area contributed by atoms with Gasteiger partial charge in [0.05, 0.1) is 18.6 Å². The largest absolute Gasteiger partial charge is 0.460 e. The van der Waals surface area contributed by atoms with Crippen LogP contribution in [0.3, 0.4) is 0 Å². The highest BCUT2D eigenvalue weighted by Crippen LogP contribution is 2.44. The number of aliphatic hydroxyl groups is 1. The average molecular weight is 454 g/mol. The Kier molecular flexibility index (Phi) is 7.80. The lowest BCUT2D eigenvalue weighted by molar-refractivity contribution is -0.157. The van der Waals surface area contributed by atoms with Crippen LogP contribution in [-0.2, 0) is 14.3 Å². The van der Waals surface area contributed by atoms with Crippen molar-refractivity contribution in [1.29, 1.82) is 0 Å². The highest BCUT2D eigenvalue weighted by atomic mass is 16.6. The molecule has 0 saturated carbocycles.